The zero-order valence-corrected chi connectivity index (χ0v) is 12.8. The number of carbonyl (C=O) groups is 2. The fourth-order valence-electron chi connectivity index (χ4n) is 1.69. The van der Waals surface area contributed by atoms with Crippen LogP contribution < -0.4 is 5.32 Å². The van der Waals surface area contributed by atoms with Gasteiger partial charge in [-0.2, -0.15) is 0 Å². The molecule has 0 fully saturated rings. The summed E-state index contributed by atoms with van der Waals surface area (Å²) in [5, 5.41) is 21.5. The lowest BCUT2D eigenvalue weighted by Gasteiger charge is -2.10. The van der Waals surface area contributed by atoms with E-state index >= 15 is 0 Å². The second-order valence-electron chi connectivity index (χ2n) is 4.11. The van der Waals surface area contributed by atoms with Crippen molar-refractivity contribution in [1.29, 1.82) is 0 Å². The van der Waals surface area contributed by atoms with E-state index in [-0.39, 0.29) is 27.6 Å². The first kappa shape index (κ1) is 15.3. The van der Waals surface area contributed by atoms with Crippen LogP contribution in [-0.4, -0.2) is 22.1 Å². The Labute approximate surface area is 133 Å². The SMILES string of the molecule is O=C(Nc1cc(Cl)ccc1C(=O)O)c1cc(Br)ccc1O. The van der Waals surface area contributed by atoms with Gasteiger partial charge >= 0.3 is 5.97 Å². The predicted molar refractivity (Wildman–Crippen MR) is 82.2 cm³/mol. The van der Waals surface area contributed by atoms with Crippen molar-refractivity contribution in [3.63, 3.8) is 0 Å². The molecule has 21 heavy (non-hydrogen) atoms. The number of hydrogen-bond acceptors (Lipinski definition) is 3. The molecule has 0 saturated carbocycles. The monoisotopic (exact) mass is 369 g/mol. The lowest BCUT2D eigenvalue weighted by atomic mass is 10.1. The molecule has 3 N–H and O–H groups in total. The number of aromatic carboxylic acids is 1. The number of carbonyl (C=O) groups excluding carboxylic acids is 1. The first-order chi connectivity index (χ1) is 9.88. The Morgan fingerprint density at radius 2 is 1.81 bits per heavy atom. The molecule has 0 radical (unpaired) electrons. The average molecular weight is 371 g/mol. The van der Waals surface area contributed by atoms with Crippen molar-refractivity contribution in [3.8, 4) is 5.75 Å². The van der Waals surface area contributed by atoms with Crippen LogP contribution in [0.15, 0.2) is 40.9 Å². The Morgan fingerprint density at radius 1 is 1.10 bits per heavy atom. The van der Waals surface area contributed by atoms with Crippen LogP contribution in [0.5, 0.6) is 5.75 Å². The third-order valence-electron chi connectivity index (χ3n) is 2.66. The Bertz CT molecular complexity index is 733. The van der Waals surface area contributed by atoms with E-state index in [4.69, 9.17) is 16.7 Å². The highest BCUT2D eigenvalue weighted by atomic mass is 79.9. The van der Waals surface area contributed by atoms with Crippen LogP contribution in [0, 0.1) is 0 Å². The van der Waals surface area contributed by atoms with Crippen LogP contribution in [-0.2, 0) is 0 Å². The summed E-state index contributed by atoms with van der Waals surface area (Å²) in [5.74, 6) is -2.05. The summed E-state index contributed by atoms with van der Waals surface area (Å²) in [4.78, 5) is 23.3. The smallest absolute Gasteiger partial charge is 0.337 e. The van der Waals surface area contributed by atoms with Gasteiger partial charge in [0.2, 0.25) is 0 Å². The van der Waals surface area contributed by atoms with Gasteiger partial charge in [0.15, 0.2) is 0 Å². The third kappa shape index (κ3) is 3.53. The van der Waals surface area contributed by atoms with Crippen LogP contribution in [0.25, 0.3) is 0 Å². The number of nitrogens with one attached hydrogen (secondary N) is 1. The lowest BCUT2D eigenvalue weighted by Crippen LogP contribution is -2.15. The van der Waals surface area contributed by atoms with E-state index in [1.54, 1.807) is 6.07 Å². The molecule has 0 spiro atoms. The molecule has 2 aromatic carbocycles. The molecule has 0 heterocycles. The molecule has 0 saturated heterocycles. The summed E-state index contributed by atoms with van der Waals surface area (Å²) in [5.41, 5.74) is -0.0256. The number of carboxylic acid groups (broad SMARTS) is 1. The highest BCUT2D eigenvalue weighted by Crippen LogP contribution is 2.25. The number of rotatable bonds is 3. The molecule has 0 atom stereocenters. The van der Waals surface area contributed by atoms with Crippen molar-refractivity contribution < 1.29 is 19.8 Å². The molecular formula is C14H9BrClNO4. The number of anilines is 1. The van der Waals surface area contributed by atoms with Gasteiger partial charge in [-0.15, -0.1) is 0 Å². The van der Waals surface area contributed by atoms with E-state index in [1.807, 2.05) is 0 Å². The molecule has 0 aliphatic rings. The van der Waals surface area contributed by atoms with Crippen LogP contribution in [0.3, 0.4) is 0 Å². The molecule has 2 aromatic rings. The van der Waals surface area contributed by atoms with Crippen molar-refractivity contribution in [2.24, 2.45) is 0 Å². The molecule has 0 bridgehead atoms. The maximum Gasteiger partial charge on any atom is 0.337 e. The first-order valence-electron chi connectivity index (χ1n) is 5.71. The van der Waals surface area contributed by atoms with Gasteiger partial charge in [0.1, 0.15) is 5.75 Å². The number of amides is 1. The van der Waals surface area contributed by atoms with Crippen LogP contribution >= 0.6 is 27.5 Å². The second-order valence-corrected chi connectivity index (χ2v) is 5.46. The van der Waals surface area contributed by atoms with Crippen LogP contribution in [0.2, 0.25) is 5.02 Å². The predicted octanol–water partition coefficient (Wildman–Crippen LogP) is 3.76. The number of phenols is 1. The number of carboxylic acids is 1. The zero-order chi connectivity index (χ0) is 15.6. The molecule has 0 aliphatic carbocycles. The van der Waals surface area contributed by atoms with Gasteiger partial charge in [-0.25, -0.2) is 4.79 Å². The van der Waals surface area contributed by atoms with Gasteiger partial charge in [0.25, 0.3) is 5.91 Å². The molecule has 108 valence electrons. The molecular weight excluding hydrogens is 362 g/mol. The maximum atomic E-state index is 12.1. The minimum atomic E-state index is -1.19. The average Bonchev–Trinajstić information content (AvgIpc) is 2.41. The lowest BCUT2D eigenvalue weighted by molar-refractivity contribution is 0.0698. The molecule has 0 unspecified atom stereocenters. The van der Waals surface area contributed by atoms with Gasteiger partial charge in [0.05, 0.1) is 16.8 Å². The summed E-state index contributed by atoms with van der Waals surface area (Å²) in [7, 11) is 0. The summed E-state index contributed by atoms with van der Waals surface area (Å²) >= 11 is 9.00. The number of benzene rings is 2. The minimum Gasteiger partial charge on any atom is -0.507 e. The van der Waals surface area contributed by atoms with Crippen LogP contribution in [0.1, 0.15) is 20.7 Å². The maximum absolute atomic E-state index is 12.1. The summed E-state index contributed by atoms with van der Waals surface area (Å²) in [6.45, 7) is 0. The second kappa shape index (κ2) is 6.15. The fraction of sp³-hybridized carbons (Fsp3) is 0. The Morgan fingerprint density at radius 3 is 2.48 bits per heavy atom. The highest BCUT2D eigenvalue weighted by Gasteiger charge is 2.16. The van der Waals surface area contributed by atoms with Crippen molar-refractivity contribution in [1.82, 2.24) is 0 Å². The van der Waals surface area contributed by atoms with Gasteiger partial charge in [-0.1, -0.05) is 27.5 Å². The first-order valence-corrected chi connectivity index (χ1v) is 6.88. The zero-order valence-electron chi connectivity index (χ0n) is 10.4. The Balaban J connectivity index is 2.38. The fourth-order valence-corrected chi connectivity index (χ4v) is 2.22. The van der Waals surface area contributed by atoms with Crippen molar-refractivity contribution >= 4 is 45.1 Å². The minimum absolute atomic E-state index is 0.0145. The number of halogens is 2. The number of aromatic hydroxyl groups is 1. The van der Waals surface area contributed by atoms with Crippen molar-refractivity contribution in [2.75, 3.05) is 5.32 Å². The van der Waals surface area contributed by atoms with Gasteiger partial charge < -0.3 is 15.5 Å². The highest BCUT2D eigenvalue weighted by molar-refractivity contribution is 9.10. The third-order valence-corrected chi connectivity index (χ3v) is 3.39. The Kier molecular flexibility index (Phi) is 4.50. The van der Waals surface area contributed by atoms with E-state index < -0.39 is 11.9 Å². The number of hydrogen-bond donors (Lipinski definition) is 3. The molecule has 2 rings (SSSR count). The topological polar surface area (TPSA) is 86.6 Å². The van der Waals surface area contributed by atoms with Gasteiger partial charge in [-0.05, 0) is 36.4 Å². The van der Waals surface area contributed by atoms with E-state index in [2.05, 4.69) is 21.2 Å². The van der Waals surface area contributed by atoms with E-state index in [9.17, 15) is 14.7 Å². The number of phenolic OH excluding ortho intramolecular Hbond substituents is 1. The van der Waals surface area contributed by atoms with Crippen molar-refractivity contribution in [3.05, 3.63) is 57.0 Å². The van der Waals surface area contributed by atoms with Crippen molar-refractivity contribution in [2.45, 2.75) is 0 Å². The van der Waals surface area contributed by atoms with Gasteiger partial charge in [-0.3, -0.25) is 4.79 Å². The van der Waals surface area contributed by atoms with Crippen LogP contribution in [0.4, 0.5) is 5.69 Å². The van der Waals surface area contributed by atoms with Gasteiger partial charge in [0, 0.05) is 9.50 Å². The largest absolute Gasteiger partial charge is 0.507 e. The van der Waals surface area contributed by atoms with E-state index in [0.717, 1.165) is 0 Å². The van der Waals surface area contributed by atoms with E-state index in [0.29, 0.717) is 4.47 Å². The molecule has 0 aliphatic heterocycles. The molecule has 5 nitrogen and oxygen atoms in total. The summed E-state index contributed by atoms with van der Waals surface area (Å²) in [6.07, 6.45) is 0. The molecule has 7 heteroatoms. The molecule has 1 amide bonds. The standard InChI is InChI=1S/C14H9BrClNO4/c15-7-1-4-12(18)10(5-7)13(19)17-11-6-8(16)2-3-9(11)14(20)21/h1-6,18H,(H,17,19)(H,20,21). The van der Waals surface area contributed by atoms with E-state index in [1.165, 1.54) is 30.3 Å². The summed E-state index contributed by atoms with van der Waals surface area (Å²) < 4.78 is 0.606. The quantitative estimate of drug-likeness (QED) is 0.768. The summed E-state index contributed by atoms with van der Waals surface area (Å²) in [6, 6.07) is 8.40. The molecule has 0 aromatic heterocycles. The Hall–Kier alpha value is -2.05. The normalized spacial score (nSPS) is 10.2.